The average molecular weight is 434 g/mol. The fourth-order valence-corrected chi connectivity index (χ4v) is 3.73. The van der Waals surface area contributed by atoms with Crippen LogP contribution in [0.1, 0.15) is 16.9 Å². The minimum Gasteiger partial charge on any atom is -0.456 e. The quantitative estimate of drug-likeness (QED) is 0.249. The highest BCUT2D eigenvalue weighted by Gasteiger charge is 2.24. The van der Waals surface area contributed by atoms with E-state index >= 15 is 0 Å². The summed E-state index contributed by atoms with van der Waals surface area (Å²) in [6, 6.07) is 17.2. The molecule has 2 heterocycles. The Bertz CT molecular complexity index is 1260. The molecule has 2 aromatic carbocycles. The zero-order valence-electron chi connectivity index (χ0n) is 16.2. The Morgan fingerprint density at radius 3 is 2.71 bits per heavy atom. The summed E-state index contributed by atoms with van der Waals surface area (Å²) in [5.74, 6) is 0.111. The van der Waals surface area contributed by atoms with Crippen molar-refractivity contribution in [3.8, 4) is 17.4 Å². The van der Waals surface area contributed by atoms with Gasteiger partial charge in [0.2, 0.25) is 0 Å². The van der Waals surface area contributed by atoms with Crippen LogP contribution >= 0.6 is 11.6 Å². The number of nitrogens with zero attached hydrogens (tertiary/aromatic N) is 3. The van der Waals surface area contributed by atoms with Crippen LogP contribution in [0.2, 0.25) is 5.02 Å². The van der Waals surface area contributed by atoms with Gasteiger partial charge < -0.3 is 9.32 Å². The van der Waals surface area contributed by atoms with E-state index in [0.29, 0.717) is 13.1 Å². The lowest BCUT2D eigenvalue weighted by atomic mass is 9.99. The molecule has 0 atom stereocenters. The summed E-state index contributed by atoms with van der Waals surface area (Å²) in [7, 11) is 0. The van der Waals surface area contributed by atoms with Crippen LogP contribution in [-0.4, -0.2) is 22.3 Å². The molecule has 8 heteroatoms. The van der Waals surface area contributed by atoms with Gasteiger partial charge in [-0.3, -0.25) is 14.9 Å². The maximum absolute atomic E-state index is 12.9. The number of nitriles is 1. The zero-order valence-corrected chi connectivity index (χ0v) is 17.0. The maximum atomic E-state index is 12.9. The Morgan fingerprint density at radius 2 is 1.97 bits per heavy atom. The van der Waals surface area contributed by atoms with Crippen LogP contribution in [0.4, 0.5) is 5.69 Å². The molecule has 4 rings (SSSR count). The summed E-state index contributed by atoms with van der Waals surface area (Å²) in [5.41, 5.74) is 2.27. The normalized spacial score (nSPS) is 13.4. The van der Waals surface area contributed by atoms with Crippen molar-refractivity contribution in [1.82, 2.24) is 4.90 Å². The summed E-state index contributed by atoms with van der Waals surface area (Å²) >= 11 is 5.86. The summed E-state index contributed by atoms with van der Waals surface area (Å²) in [6.07, 6.45) is 2.08. The van der Waals surface area contributed by atoms with Gasteiger partial charge in [-0.1, -0.05) is 35.9 Å². The maximum Gasteiger partial charge on any atom is 0.281 e. The number of amides is 1. The smallest absolute Gasteiger partial charge is 0.281 e. The lowest BCUT2D eigenvalue weighted by Gasteiger charge is -2.28. The molecule has 0 spiro atoms. The fourth-order valence-electron chi connectivity index (χ4n) is 3.56. The number of rotatable bonds is 4. The number of carbonyl (C=O) groups is 1. The lowest BCUT2D eigenvalue weighted by molar-refractivity contribution is -0.384. The number of nitro benzene ring substituents is 1. The first-order valence-corrected chi connectivity index (χ1v) is 9.86. The molecule has 3 aromatic rings. The summed E-state index contributed by atoms with van der Waals surface area (Å²) in [5, 5.41) is 21.1. The highest BCUT2D eigenvalue weighted by molar-refractivity contribution is 6.30. The molecule has 0 radical (unpaired) electrons. The van der Waals surface area contributed by atoms with Crippen LogP contribution in [0.15, 0.2) is 64.6 Å². The highest BCUT2D eigenvalue weighted by Crippen LogP contribution is 2.33. The Labute approximate surface area is 182 Å². The van der Waals surface area contributed by atoms with E-state index in [2.05, 4.69) is 0 Å². The van der Waals surface area contributed by atoms with Gasteiger partial charge in [0.05, 0.1) is 10.5 Å². The molecule has 0 saturated heterocycles. The summed E-state index contributed by atoms with van der Waals surface area (Å²) < 4.78 is 5.68. The molecule has 7 nitrogen and oxygen atoms in total. The molecule has 0 N–H and O–H groups in total. The van der Waals surface area contributed by atoms with E-state index in [0.717, 1.165) is 12.0 Å². The molecule has 1 aromatic heterocycles. The van der Waals surface area contributed by atoms with Crippen LogP contribution in [0, 0.1) is 21.4 Å². The molecule has 0 fully saturated rings. The second kappa shape index (κ2) is 8.46. The van der Waals surface area contributed by atoms with Crippen molar-refractivity contribution >= 4 is 29.3 Å². The minimum atomic E-state index is -0.544. The van der Waals surface area contributed by atoms with Crippen molar-refractivity contribution in [2.45, 2.75) is 13.0 Å². The average Bonchev–Trinajstić information content (AvgIpc) is 3.25. The summed E-state index contributed by atoms with van der Waals surface area (Å²) in [6.45, 7) is 0.962. The highest BCUT2D eigenvalue weighted by atomic mass is 35.5. The van der Waals surface area contributed by atoms with E-state index < -0.39 is 4.92 Å². The number of furan rings is 1. The minimum absolute atomic E-state index is 0.0640. The van der Waals surface area contributed by atoms with Gasteiger partial charge in [0.1, 0.15) is 23.2 Å². The predicted molar refractivity (Wildman–Crippen MR) is 115 cm³/mol. The molecule has 154 valence electrons. The lowest BCUT2D eigenvalue weighted by Crippen LogP contribution is -2.36. The number of nitro groups is 1. The third kappa shape index (κ3) is 4.20. The first-order valence-electron chi connectivity index (χ1n) is 9.48. The fraction of sp³-hybridized carbons (Fsp3) is 0.130. The van der Waals surface area contributed by atoms with Gasteiger partial charge in [0.25, 0.3) is 11.6 Å². The van der Waals surface area contributed by atoms with Gasteiger partial charge >= 0.3 is 0 Å². The number of hydrogen-bond donors (Lipinski definition) is 0. The number of carbonyl (C=O) groups excluding carboxylic acids is 1. The van der Waals surface area contributed by atoms with Crippen LogP contribution in [0.25, 0.3) is 17.4 Å². The van der Waals surface area contributed by atoms with E-state index in [9.17, 15) is 20.2 Å². The van der Waals surface area contributed by atoms with Crippen molar-refractivity contribution in [2.24, 2.45) is 0 Å². The van der Waals surface area contributed by atoms with Gasteiger partial charge in [0.15, 0.2) is 0 Å². The van der Waals surface area contributed by atoms with Crippen molar-refractivity contribution < 1.29 is 14.1 Å². The van der Waals surface area contributed by atoms with E-state index in [4.69, 9.17) is 16.0 Å². The third-order valence-electron chi connectivity index (χ3n) is 5.10. The van der Waals surface area contributed by atoms with Gasteiger partial charge in [-0.05, 0) is 41.8 Å². The SMILES string of the molecule is N#CC(=Cc1ccc(-c2ccc(Cl)cc2[N+](=O)[O-])o1)C(=O)N1CCc2ccccc2C1. The van der Waals surface area contributed by atoms with Gasteiger partial charge in [-0.2, -0.15) is 5.26 Å². The monoisotopic (exact) mass is 433 g/mol. The Morgan fingerprint density at radius 1 is 1.19 bits per heavy atom. The Balaban J connectivity index is 1.59. The van der Waals surface area contributed by atoms with E-state index in [1.165, 1.54) is 29.8 Å². The standard InChI is InChI=1S/C23H16ClN3O4/c24-18-5-7-20(21(12-18)27(29)30)22-8-6-19(31-22)11-17(13-25)23(28)26-10-9-15-3-1-2-4-16(15)14-26/h1-8,11-12H,9-10,14H2. The molecule has 1 aliphatic heterocycles. The molecule has 0 aliphatic carbocycles. The van der Waals surface area contributed by atoms with Gasteiger partial charge in [0, 0.05) is 30.3 Å². The molecular weight excluding hydrogens is 418 g/mol. The van der Waals surface area contributed by atoms with Crippen LogP contribution in [0.3, 0.4) is 0 Å². The molecule has 0 unspecified atom stereocenters. The van der Waals surface area contributed by atoms with Crippen LogP contribution in [0.5, 0.6) is 0 Å². The van der Waals surface area contributed by atoms with Gasteiger partial charge in [-0.15, -0.1) is 0 Å². The molecule has 0 bridgehead atoms. The van der Waals surface area contributed by atoms with Crippen LogP contribution in [-0.2, 0) is 17.8 Å². The first kappa shape index (κ1) is 20.4. The third-order valence-corrected chi connectivity index (χ3v) is 5.34. The number of fused-ring (bicyclic) bond motifs is 1. The second-order valence-corrected chi connectivity index (χ2v) is 7.47. The van der Waals surface area contributed by atoms with Crippen LogP contribution < -0.4 is 0 Å². The summed E-state index contributed by atoms with van der Waals surface area (Å²) in [4.78, 5) is 25.3. The Kier molecular flexibility index (Phi) is 5.56. The number of hydrogen-bond acceptors (Lipinski definition) is 5. The van der Waals surface area contributed by atoms with Crippen molar-refractivity contribution in [1.29, 1.82) is 5.26 Å². The zero-order chi connectivity index (χ0) is 22.0. The Hall–Kier alpha value is -3.89. The predicted octanol–water partition coefficient (Wildman–Crippen LogP) is 5.00. The molecule has 0 saturated carbocycles. The van der Waals surface area contributed by atoms with Gasteiger partial charge in [-0.25, -0.2) is 0 Å². The van der Waals surface area contributed by atoms with Crippen molar-refractivity contribution in [2.75, 3.05) is 6.54 Å². The largest absolute Gasteiger partial charge is 0.456 e. The molecule has 1 aliphatic rings. The number of benzene rings is 2. The molecule has 31 heavy (non-hydrogen) atoms. The number of halogens is 1. The molecule has 1 amide bonds. The first-order chi connectivity index (χ1) is 15.0. The van der Waals surface area contributed by atoms with Crippen molar-refractivity contribution in [3.63, 3.8) is 0 Å². The van der Waals surface area contributed by atoms with E-state index in [1.807, 2.05) is 30.3 Å². The van der Waals surface area contributed by atoms with Crippen molar-refractivity contribution in [3.05, 3.63) is 92.2 Å². The topological polar surface area (TPSA) is 100 Å². The van der Waals surface area contributed by atoms with E-state index in [-0.39, 0.29) is 39.3 Å². The van der Waals surface area contributed by atoms with E-state index in [1.54, 1.807) is 17.0 Å². The molecular formula is C23H16ClN3O4. The second-order valence-electron chi connectivity index (χ2n) is 7.04.